The summed E-state index contributed by atoms with van der Waals surface area (Å²) >= 11 is 0. The van der Waals surface area contributed by atoms with Gasteiger partial charge in [0.25, 0.3) is 0 Å². The summed E-state index contributed by atoms with van der Waals surface area (Å²) in [6.07, 6.45) is 3.24. The van der Waals surface area contributed by atoms with Crippen molar-refractivity contribution in [3.05, 3.63) is 42.2 Å². The Morgan fingerprint density at radius 2 is 2.24 bits per heavy atom. The monoisotopic (exact) mass is 289 g/mol. The number of aromatic nitrogens is 2. The van der Waals surface area contributed by atoms with Gasteiger partial charge in [-0.05, 0) is 25.1 Å². The molecule has 0 saturated heterocycles. The SMILES string of the molecule is CCOC(=O)c1ccc(NC(=O)Cn2cccn2)cc1O. The quantitative estimate of drug-likeness (QED) is 0.812. The molecule has 0 saturated carbocycles. The van der Waals surface area contributed by atoms with Crippen LogP contribution in [-0.2, 0) is 16.1 Å². The van der Waals surface area contributed by atoms with Gasteiger partial charge < -0.3 is 15.2 Å². The lowest BCUT2D eigenvalue weighted by molar-refractivity contribution is -0.116. The number of nitrogens with zero attached hydrogens (tertiary/aromatic N) is 2. The van der Waals surface area contributed by atoms with Gasteiger partial charge in [-0.15, -0.1) is 0 Å². The van der Waals surface area contributed by atoms with Crippen LogP contribution < -0.4 is 5.32 Å². The van der Waals surface area contributed by atoms with Crippen LogP contribution in [0.2, 0.25) is 0 Å². The molecule has 7 heteroatoms. The summed E-state index contributed by atoms with van der Waals surface area (Å²) in [5, 5.41) is 16.3. The van der Waals surface area contributed by atoms with Crippen molar-refractivity contribution in [1.82, 2.24) is 9.78 Å². The van der Waals surface area contributed by atoms with Crippen molar-refractivity contribution in [2.24, 2.45) is 0 Å². The van der Waals surface area contributed by atoms with Crippen molar-refractivity contribution >= 4 is 17.6 Å². The third-order valence-corrected chi connectivity index (χ3v) is 2.64. The number of carbonyl (C=O) groups excluding carboxylic acids is 2. The van der Waals surface area contributed by atoms with Gasteiger partial charge in [0, 0.05) is 24.1 Å². The van der Waals surface area contributed by atoms with Crippen LogP contribution in [0.3, 0.4) is 0 Å². The van der Waals surface area contributed by atoms with Crippen LogP contribution in [0.15, 0.2) is 36.7 Å². The highest BCUT2D eigenvalue weighted by Gasteiger charge is 2.13. The molecule has 110 valence electrons. The Balaban J connectivity index is 2.03. The van der Waals surface area contributed by atoms with E-state index in [2.05, 4.69) is 10.4 Å². The van der Waals surface area contributed by atoms with E-state index in [0.717, 1.165) is 0 Å². The van der Waals surface area contributed by atoms with Crippen LogP contribution in [0.1, 0.15) is 17.3 Å². The number of ether oxygens (including phenoxy) is 1. The van der Waals surface area contributed by atoms with Crippen LogP contribution in [0.25, 0.3) is 0 Å². The zero-order chi connectivity index (χ0) is 15.2. The molecule has 2 rings (SSSR count). The van der Waals surface area contributed by atoms with Gasteiger partial charge in [-0.3, -0.25) is 9.48 Å². The van der Waals surface area contributed by atoms with Crippen LogP contribution in [0, 0.1) is 0 Å². The Morgan fingerprint density at radius 3 is 2.86 bits per heavy atom. The largest absolute Gasteiger partial charge is 0.507 e. The molecule has 0 spiro atoms. The Morgan fingerprint density at radius 1 is 1.43 bits per heavy atom. The molecule has 0 aliphatic heterocycles. The van der Waals surface area contributed by atoms with Crippen molar-refractivity contribution in [1.29, 1.82) is 0 Å². The Kier molecular flexibility index (Phi) is 4.55. The molecule has 0 atom stereocenters. The zero-order valence-electron chi connectivity index (χ0n) is 11.4. The van der Waals surface area contributed by atoms with Gasteiger partial charge in [0.2, 0.25) is 5.91 Å². The number of benzene rings is 1. The molecule has 2 aromatic rings. The minimum atomic E-state index is -0.607. The number of esters is 1. The number of aromatic hydroxyl groups is 1. The van der Waals surface area contributed by atoms with Crippen molar-refractivity contribution in [3.63, 3.8) is 0 Å². The number of amides is 1. The summed E-state index contributed by atoms with van der Waals surface area (Å²) in [5.41, 5.74) is 0.444. The number of carbonyl (C=O) groups is 2. The summed E-state index contributed by atoms with van der Waals surface area (Å²) in [7, 11) is 0. The molecule has 0 aliphatic carbocycles. The van der Waals surface area contributed by atoms with Gasteiger partial charge in [-0.2, -0.15) is 5.10 Å². The number of anilines is 1. The maximum absolute atomic E-state index is 11.8. The third-order valence-electron chi connectivity index (χ3n) is 2.64. The van der Waals surface area contributed by atoms with E-state index in [1.165, 1.54) is 22.9 Å². The fourth-order valence-corrected chi connectivity index (χ4v) is 1.73. The summed E-state index contributed by atoms with van der Waals surface area (Å²) < 4.78 is 6.28. The molecule has 1 aromatic heterocycles. The number of phenols is 1. The van der Waals surface area contributed by atoms with Crippen LogP contribution >= 0.6 is 0 Å². The summed E-state index contributed by atoms with van der Waals surface area (Å²) in [6.45, 7) is 1.97. The lowest BCUT2D eigenvalue weighted by Crippen LogP contribution is -2.19. The van der Waals surface area contributed by atoms with Crippen LogP contribution in [0.5, 0.6) is 5.75 Å². The van der Waals surface area contributed by atoms with Gasteiger partial charge in [-0.25, -0.2) is 4.79 Å². The molecular weight excluding hydrogens is 274 g/mol. The van der Waals surface area contributed by atoms with E-state index in [9.17, 15) is 14.7 Å². The lowest BCUT2D eigenvalue weighted by atomic mass is 10.2. The molecule has 0 bridgehead atoms. The maximum Gasteiger partial charge on any atom is 0.341 e. The van der Waals surface area contributed by atoms with Crippen molar-refractivity contribution in [2.75, 3.05) is 11.9 Å². The highest BCUT2D eigenvalue weighted by Crippen LogP contribution is 2.22. The molecule has 0 aliphatic rings. The van der Waals surface area contributed by atoms with Gasteiger partial charge in [0.15, 0.2) is 0 Å². The molecule has 0 unspecified atom stereocenters. The third kappa shape index (κ3) is 3.82. The van der Waals surface area contributed by atoms with Gasteiger partial charge in [0.05, 0.1) is 6.61 Å². The summed E-state index contributed by atoms with van der Waals surface area (Å²) in [5.74, 6) is -1.14. The number of hydrogen-bond acceptors (Lipinski definition) is 5. The smallest absolute Gasteiger partial charge is 0.341 e. The number of hydrogen-bond donors (Lipinski definition) is 2. The minimum Gasteiger partial charge on any atom is -0.507 e. The molecule has 21 heavy (non-hydrogen) atoms. The van der Waals surface area contributed by atoms with E-state index in [4.69, 9.17) is 4.74 Å². The Hall–Kier alpha value is -2.83. The number of rotatable bonds is 5. The molecule has 1 aromatic carbocycles. The van der Waals surface area contributed by atoms with E-state index < -0.39 is 5.97 Å². The first-order valence-corrected chi connectivity index (χ1v) is 6.37. The summed E-state index contributed by atoms with van der Waals surface area (Å²) in [4.78, 5) is 23.3. The highest BCUT2D eigenvalue weighted by molar-refractivity contribution is 5.95. The molecule has 7 nitrogen and oxygen atoms in total. The van der Waals surface area contributed by atoms with Crippen molar-refractivity contribution in [3.8, 4) is 5.75 Å². The lowest BCUT2D eigenvalue weighted by Gasteiger charge is -2.08. The fourth-order valence-electron chi connectivity index (χ4n) is 1.73. The predicted octanol–water partition coefficient (Wildman–Crippen LogP) is 1.40. The zero-order valence-corrected chi connectivity index (χ0v) is 11.4. The Labute approximate surface area is 121 Å². The van der Waals surface area contributed by atoms with Crippen LogP contribution in [-0.4, -0.2) is 33.4 Å². The normalized spacial score (nSPS) is 10.1. The summed E-state index contributed by atoms with van der Waals surface area (Å²) in [6, 6.07) is 5.93. The van der Waals surface area contributed by atoms with Crippen LogP contribution in [0.4, 0.5) is 5.69 Å². The van der Waals surface area contributed by atoms with Crippen molar-refractivity contribution in [2.45, 2.75) is 13.5 Å². The predicted molar refractivity (Wildman–Crippen MR) is 74.9 cm³/mol. The average Bonchev–Trinajstić information content (AvgIpc) is 2.91. The Bertz CT molecular complexity index is 638. The molecule has 0 radical (unpaired) electrons. The fraction of sp³-hybridized carbons (Fsp3) is 0.214. The van der Waals surface area contributed by atoms with Gasteiger partial charge in [-0.1, -0.05) is 0 Å². The van der Waals surface area contributed by atoms with E-state index >= 15 is 0 Å². The highest BCUT2D eigenvalue weighted by atomic mass is 16.5. The second-order valence-electron chi connectivity index (χ2n) is 4.20. The standard InChI is InChI=1S/C14H15N3O4/c1-2-21-14(20)11-5-4-10(8-12(11)18)16-13(19)9-17-7-3-6-15-17/h3-8,18H,2,9H2,1H3,(H,16,19). The first kappa shape index (κ1) is 14.6. The molecule has 0 fully saturated rings. The van der Waals surface area contributed by atoms with Gasteiger partial charge >= 0.3 is 5.97 Å². The maximum atomic E-state index is 11.8. The van der Waals surface area contributed by atoms with E-state index in [-0.39, 0.29) is 30.4 Å². The average molecular weight is 289 g/mol. The molecule has 1 heterocycles. The van der Waals surface area contributed by atoms with E-state index in [0.29, 0.717) is 5.69 Å². The first-order chi connectivity index (χ1) is 10.1. The second kappa shape index (κ2) is 6.56. The van der Waals surface area contributed by atoms with E-state index in [1.807, 2.05) is 0 Å². The molecule has 2 N–H and O–H groups in total. The second-order valence-corrected chi connectivity index (χ2v) is 4.20. The first-order valence-electron chi connectivity index (χ1n) is 6.37. The minimum absolute atomic E-state index is 0.0573. The van der Waals surface area contributed by atoms with Crippen molar-refractivity contribution < 1.29 is 19.4 Å². The molecular formula is C14H15N3O4. The number of nitrogens with one attached hydrogen (secondary N) is 1. The van der Waals surface area contributed by atoms with Gasteiger partial charge in [0.1, 0.15) is 17.9 Å². The topological polar surface area (TPSA) is 93.5 Å². The van der Waals surface area contributed by atoms with E-state index in [1.54, 1.807) is 25.4 Å². The number of phenolic OH excluding ortho intramolecular Hbond substituents is 1. The molecule has 1 amide bonds.